The Morgan fingerprint density at radius 2 is 2.00 bits per heavy atom. The number of rotatable bonds is 5. The number of hydrogen-bond acceptors (Lipinski definition) is 6. The van der Waals surface area contributed by atoms with E-state index in [1.165, 1.54) is 16.9 Å². The first-order valence-electron chi connectivity index (χ1n) is 9.48. The number of nitrogens with zero attached hydrogens (tertiary/aromatic N) is 6. The lowest BCUT2D eigenvalue weighted by Gasteiger charge is -2.31. The maximum Gasteiger partial charge on any atom is 0.230 e. The quantitative estimate of drug-likeness (QED) is 0.660. The molecule has 8 heteroatoms. The number of hydrogen-bond donors (Lipinski definition) is 0. The molecule has 0 unspecified atom stereocenters. The van der Waals surface area contributed by atoms with E-state index in [-0.39, 0.29) is 5.91 Å². The first-order chi connectivity index (χ1) is 13.6. The lowest BCUT2D eigenvalue weighted by molar-refractivity contribution is -0.115. The number of piperidine rings is 1. The Kier molecular flexibility index (Phi) is 5.50. The van der Waals surface area contributed by atoms with Gasteiger partial charge in [-0.1, -0.05) is 17.7 Å². The summed E-state index contributed by atoms with van der Waals surface area (Å²) in [5.74, 6) is -0.0293. The van der Waals surface area contributed by atoms with Crippen molar-refractivity contribution < 1.29 is 4.79 Å². The summed E-state index contributed by atoms with van der Waals surface area (Å²) in [6, 6.07) is 8.39. The molecule has 0 bridgehead atoms. The molecule has 1 aliphatic rings. The zero-order valence-electron chi connectivity index (χ0n) is 16.2. The van der Waals surface area contributed by atoms with Crippen LogP contribution in [0.1, 0.15) is 37.1 Å². The second kappa shape index (κ2) is 8.20. The van der Waals surface area contributed by atoms with Crippen LogP contribution in [0.15, 0.2) is 42.3 Å². The average molecular weight is 397 g/mol. The molecule has 1 saturated heterocycles. The third-order valence-corrected chi connectivity index (χ3v) is 5.97. The fourth-order valence-electron chi connectivity index (χ4n) is 3.57. The van der Waals surface area contributed by atoms with E-state index in [0.717, 1.165) is 49.0 Å². The maximum atomic E-state index is 12.2. The van der Waals surface area contributed by atoms with E-state index >= 15 is 0 Å². The van der Waals surface area contributed by atoms with Gasteiger partial charge in [0, 0.05) is 31.9 Å². The highest BCUT2D eigenvalue weighted by atomic mass is 32.1. The van der Waals surface area contributed by atoms with Gasteiger partial charge in [0.05, 0.1) is 17.4 Å². The summed E-state index contributed by atoms with van der Waals surface area (Å²) in [4.78, 5) is 25.1. The Balaban J connectivity index is 1.41. The SMILES string of the molecule is CC(=O)N(c1ccc(C)cc1)c1nc(CN2CCC(n3cncn3)CC2)cs1. The topological polar surface area (TPSA) is 67.2 Å². The van der Waals surface area contributed by atoms with Gasteiger partial charge in [-0.05, 0) is 31.9 Å². The summed E-state index contributed by atoms with van der Waals surface area (Å²) in [5, 5.41) is 7.05. The summed E-state index contributed by atoms with van der Waals surface area (Å²) < 4.78 is 1.96. The van der Waals surface area contributed by atoms with Gasteiger partial charge in [0.1, 0.15) is 12.7 Å². The van der Waals surface area contributed by atoms with Gasteiger partial charge in [-0.15, -0.1) is 11.3 Å². The van der Waals surface area contributed by atoms with Crippen molar-refractivity contribution in [1.29, 1.82) is 0 Å². The van der Waals surface area contributed by atoms with Crippen LogP contribution in [-0.2, 0) is 11.3 Å². The standard InChI is InChI=1S/C20H24N6OS/c1-15-3-5-19(6-4-15)26(16(2)27)20-23-17(12-28-20)11-24-9-7-18(8-10-24)25-14-21-13-22-25/h3-6,12-14,18H,7-11H2,1-2H3. The lowest BCUT2D eigenvalue weighted by Crippen LogP contribution is -2.34. The number of amides is 1. The summed E-state index contributed by atoms with van der Waals surface area (Å²) in [5.41, 5.74) is 3.03. The molecule has 0 saturated carbocycles. The van der Waals surface area contributed by atoms with Crippen molar-refractivity contribution in [3.05, 3.63) is 53.6 Å². The van der Waals surface area contributed by atoms with E-state index in [4.69, 9.17) is 4.98 Å². The minimum Gasteiger partial charge on any atom is -0.297 e. The highest BCUT2D eigenvalue weighted by molar-refractivity contribution is 7.14. The Bertz CT molecular complexity index is 913. The number of carbonyl (C=O) groups excluding carboxylic acids is 1. The number of carbonyl (C=O) groups is 1. The van der Waals surface area contributed by atoms with Crippen LogP contribution in [0.4, 0.5) is 10.8 Å². The molecule has 1 amide bonds. The Morgan fingerprint density at radius 1 is 1.25 bits per heavy atom. The fraction of sp³-hybridized carbons (Fsp3) is 0.400. The number of anilines is 2. The van der Waals surface area contributed by atoms with Gasteiger partial charge in [0.2, 0.25) is 5.91 Å². The molecule has 3 aromatic rings. The molecule has 2 aromatic heterocycles. The molecule has 0 aliphatic carbocycles. The van der Waals surface area contributed by atoms with E-state index in [2.05, 4.69) is 20.4 Å². The first-order valence-corrected chi connectivity index (χ1v) is 10.4. The second-order valence-corrected chi connectivity index (χ2v) is 8.03. The molecule has 28 heavy (non-hydrogen) atoms. The molecule has 0 N–H and O–H groups in total. The van der Waals surface area contributed by atoms with E-state index in [1.54, 1.807) is 24.5 Å². The lowest BCUT2D eigenvalue weighted by atomic mass is 10.1. The van der Waals surface area contributed by atoms with Gasteiger partial charge >= 0.3 is 0 Å². The number of aromatic nitrogens is 4. The molecule has 4 rings (SSSR count). The number of benzene rings is 1. The molecule has 0 atom stereocenters. The Labute approximate surface area is 168 Å². The smallest absolute Gasteiger partial charge is 0.230 e. The highest BCUT2D eigenvalue weighted by Gasteiger charge is 2.23. The van der Waals surface area contributed by atoms with Crippen LogP contribution >= 0.6 is 11.3 Å². The molecule has 7 nitrogen and oxygen atoms in total. The van der Waals surface area contributed by atoms with Crippen LogP contribution in [0.25, 0.3) is 0 Å². The minimum absolute atomic E-state index is 0.0293. The normalized spacial score (nSPS) is 15.6. The average Bonchev–Trinajstić information content (AvgIpc) is 3.37. The Morgan fingerprint density at radius 3 is 2.64 bits per heavy atom. The van der Waals surface area contributed by atoms with E-state index in [0.29, 0.717) is 6.04 Å². The second-order valence-electron chi connectivity index (χ2n) is 7.19. The van der Waals surface area contributed by atoms with Crippen molar-refractivity contribution in [2.24, 2.45) is 0 Å². The van der Waals surface area contributed by atoms with Crippen LogP contribution in [0.5, 0.6) is 0 Å². The molecule has 0 spiro atoms. The molecular formula is C20H24N6OS. The predicted octanol–water partition coefficient (Wildman–Crippen LogP) is 3.56. The number of likely N-dealkylation sites (tertiary alicyclic amines) is 1. The van der Waals surface area contributed by atoms with Crippen molar-refractivity contribution in [1.82, 2.24) is 24.6 Å². The van der Waals surface area contributed by atoms with Gasteiger partial charge < -0.3 is 0 Å². The monoisotopic (exact) mass is 396 g/mol. The van der Waals surface area contributed by atoms with Crippen molar-refractivity contribution in [2.75, 3.05) is 18.0 Å². The largest absolute Gasteiger partial charge is 0.297 e. The Hall–Kier alpha value is -2.58. The van der Waals surface area contributed by atoms with Crippen LogP contribution in [0, 0.1) is 6.92 Å². The zero-order chi connectivity index (χ0) is 19.5. The van der Waals surface area contributed by atoms with Gasteiger partial charge in [-0.25, -0.2) is 14.6 Å². The molecule has 3 heterocycles. The molecule has 146 valence electrons. The summed E-state index contributed by atoms with van der Waals surface area (Å²) >= 11 is 1.52. The van der Waals surface area contributed by atoms with Gasteiger partial charge in [-0.3, -0.25) is 14.6 Å². The van der Waals surface area contributed by atoms with Crippen LogP contribution < -0.4 is 4.90 Å². The van der Waals surface area contributed by atoms with E-state index in [1.807, 2.05) is 35.9 Å². The highest BCUT2D eigenvalue weighted by Crippen LogP contribution is 2.30. The van der Waals surface area contributed by atoms with Crippen LogP contribution in [0.2, 0.25) is 0 Å². The molecule has 1 aromatic carbocycles. The van der Waals surface area contributed by atoms with Crippen molar-refractivity contribution in [3.8, 4) is 0 Å². The molecule has 1 aliphatic heterocycles. The van der Waals surface area contributed by atoms with Crippen LogP contribution in [-0.4, -0.2) is 43.6 Å². The van der Waals surface area contributed by atoms with Crippen molar-refractivity contribution in [3.63, 3.8) is 0 Å². The number of aryl methyl sites for hydroxylation is 1. The maximum absolute atomic E-state index is 12.2. The summed E-state index contributed by atoms with van der Waals surface area (Å²) in [7, 11) is 0. The van der Waals surface area contributed by atoms with E-state index < -0.39 is 0 Å². The summed E-state index contributed by atoms with van der Waals surface area (Å²) in [6.45, 7) is 6.43. The van der Waals surface area contributed by atoms with Crippen molar-refractivity contribution in [2.45, 2.75) is 39.3 Å². The van der Waals surface area contributed by atoms with Crippen LogP contribution in [0.3, 0.4) is 0 Å². The van der Waals surface area contributed by atoms with Gasteiger partial charge in [0.15, 0.2) is 5.13 Å². The molecule has 0 radical (unpaired) electrons. The third-order valence-electron chi connectivity index (χ3n) is 5.09. The summed E-state index contributed by atoms with van der Waals surface area (Å²) in [6.07, 6.45) is 5.51. The molecular weight excluding hydrogens is 372 g/mol. The minimum atomic E-state index is -0.0293. The van der Waals surface area contributed by atoms with Crippen molar-refractivity contribution >= 4 is 28.1 Å². The van der Waals surface area contributed by atoms with Gasteiger partial charge in [-0.2, -0.15) is 5.10 Å². The third kappa shape index (κ3) is 4.13. The number of thiazole rings is 1. The van der Waals surface area contributed by atoms with E-state index in [9.17, 15) is 4.79 Å². The van der Waals surface area contributed by atoms with Gasteiger partial charge in [0.25, 0.3) is 0 Å². The predicted molar refractivity (Wildman–Crippen MR) is 110 cm³/mol. The molecule has 1 fully saturated rings. The first kappa shape index (κ1) is 18.8. The zero-order valence-corrected chi connectivity index (χ0v) is 17.0. The fourth-order valence-corrected chi connectivity index (χ4v) is 4.45.